The van der Waals surface area contributed by atoms with Crippen LogP contribution in [0.4, 0.5) is 0 Å². The normalized spacial score (nSPS) is 26.4. The van der Waals surface area contributed by atoms with E-state index < -0.39 is 0 Å². The topological polar surface area (TPSA) is 60.2 Å². The summed E-state index contributed by atoms with van der Waals surface area (Å²) in [6.07, 6.45) is 1.50. The first-order chi connectivity index (χ1) is 3.43. The lowest BCUT2D eigenvalue weighted by Crippen LogP contribution is -2.29. The van der Waals surface area contributed by atoms with Gasteiger partial charge >= 0.3 is 0 Å². The molecule has 0 amide bonds. The molecule has 0 saturated carbocycles. The summed E-state index contributed by atoms with van der Waals surface area (Å²) in [7, 11) is 0. The first kappa shape index (κ1) is 4.09. The lowest BCUT2D eigenvalue weighted by molar-refractivity contribution is 0.613. The highest BCUT2D eigenvalue weighted by molar-refractivity contribution is 5.69. The molecule has 1 heterocycles. The molecule has 4 heteroatoms. The van der Waals surface area contributed by atoms with Gasteiger partial charge < -0.3 is 0 Å². The van der Waals surface area contributed by atoms with Crippen molar-refractivity contribution in [3.8, 4) is 6.07 Å². The summed E-state index contributed by atoms with van der Waals surface area (Å²) < 4.78 is 0. The molecule has 0 aromatic carbocycles. The number of hydrazine groups is 1. The highest BCUT2D eigenvalue weighted by Crippen LogP contribution is 1.76. The summed E-state index contributed by atoms with van der Waals surface area (Å²) in [6, 6.07) is 1.69. The molecule has 1 unspecified atom stereocenters. The number of hydrogen-bond acceptors (Lipinski definition) is 4. The van der Waals surface area contributed by atoms with Gasteiger partial charge in [0.15, 0.2) is 6.04 Å². The fourth-order valence-electron chi connectivity index (χ4n) is 0.321. The third-order valence-corrected chi connectivity index (χ3v) is 0.647. The van der Waals surface area contributed by atoms with Crippen molar-refractivity contribution < 1.29 is 0 Å². The van der Waals surface area contributed by atoms with Crippen molar-refractivity contribution in [2.75, 3.05) is 0 Å². The van der Waals surface area contributed by atoms with E-state index >= 15 is 0 Å². The van der Waals surface area contributed by atoms with Crippen LogP contribution in [0.15, 0.2) is 5.10 Å². The number of hydrazone groups is 1. The Labute approximate surface area is 40.8 Å². The third-order valence-electron chi connectivity index (χ3n) is 0.647. The number of rotatable bonds is 0. The molecule has 0 bridgehead atoms. The van der Waals surface area contributed by atoms with Crippen molar-refractivity contribution >= 4 is 6.21 Å². The van der Waals surface area contributed by atoms with Gasteiger partial charge in [0, 0.05) is 0 Å². The Morgan fingerprint density at radius 2 is 2.71 bits per heavy atom. The van der Waals surface area contributed by atoms with Crippen molar-refractivity contribution in [1.82, 2.24) is 11.0 Å². The third kappa shape index (κ3) is 0.669. The predicted octanol–water partition coefficient (Wildman–Crippen LogP) is -1.03. The van der Waals surface area contributed by atoms with Crippen LogP contribution in [-0.4, -0.2) is 12.3 Å². The Morgan fingerprint density at radius 3 is 3.00 bits per heavy atom. The van der Waals surface area contributed by atoms with Crippen molar-refractivity contribution in [3.63, 3.8) is 0 Å². The smallest absolute Gasteiger partial charge is 0.151 e. The van der Waals surface area contributed by atoms with E-state index in [0.717, 1.165) is 0 Å². The molecule has 0 fully saturated rings. The zero-order valence-electron chi connectivity index (χ0n) is 3.55. The molecule has 7 heavy (non-hydrogen) atoms. The van der Waals surface area contributed by atoms with Crippen LogP contribution in [0.5, 0.6) is 0 Å². The van der Waals surface area contributed by atoms with E-state index in [1.807, 2.05) is 6.07 Å². The van der Waals surface area contributed by atoms with Gasteiger partial charge in [-0.05, 0) is 0 Å². The largest absolute Gasteiger partial charge is 0.242 e. The second-order valence-electron chi connectivity index (χ2n) is 1.14. The van der Waals surface area contributed by atoms with Gasteiger partial charge in [-0.25, -0.2) is 5.53 Å². The number of nitrogens with zero attached hydrogens (tertiary/aromatic N) is 2. The number of nitrogens with one attached hydrogen (secondary N) is 2. The van der Waals surface area contributed by atoms with Crippen LogP contribution in [-0.2, 0) is 0 Å². The van der Waals surface area contributed by atoms with Crippen LogP contribution in [0.1, 0.15) is 0 Å². The summed E-state index contributed by atoms with van der Waals surface area (Å²) in [5, 5.41) is 11.6. The molecule has 36 valence electrons. The van der Waals surface area contributed by atoms with Crippen LogP contribution in [0, 0.1) is 11.3 Å². The Balaban J connectivity index is 2.47. The molecule has 1 aliphatic heterocycles. The van der Waals surface area contributed by atoms with E-state index in [1.54, 1.807) is 0 Å². The Hall–Kier alpha value is -1.08. The lowest BCUT2D eigenvalue weighted by atomic mass is 10.4. The lowest BCUT2D eigenvalue weighted by Gasteiger charge is -1.90. The van der Waals surface area contributed by atoms with Gasteiger partial charge in [0.25, 0.3) is 0 Å². The molecular weight excluding hydrogens is 92.1 g/mol. The van der Waals surface area contributed by atoms with E-state index in [2.05, 4.69) is 16.1 Å². The maximum absolute atomic E-state index is 8.12. The van der Waals surface area contributed by atoms with Gasteiger partial charge in [-0.1, -0.05) is 0 Å². The van der Waals surface area contributed by atoms with E-state index in [4.69, 9.17) is 5.26 Å². The van der Waals surface area contributed by atoms with Gasteiger partial charge in [-0.3, -0.25) is 0 Å². The monoisotopic (exact) mass is 96.0 g/mol. The minimum atomic E-state index is -0.250. The van der Waals surface area contributed by atoms with Crippen molar-refractivity contribution in [1.29, 1.82) is 5.26 Å². The zero-order chi connectivity index (χ0) is 5.11. The zero-order valence-corrected chi connectivity index (χ0v) is 3.55. The maximum Gasteiger partial charge on any atom is 0.151 e. The summed E-state index contributed by atoms with van der Waals surface area (Å²) in [4.78, 5) is 0. The van der Waals surface area contributed by atoms with Crippen LogP contribution in [0.3, 0.4) is 0 Å². The SMILES string of the molecule is N#CC1C=NNN1. The van der Waals surface area contributed by atoms with Gasteiger partial charge in [0.05, 0.1) is 12.3 Å². The van der Waals surface area contributed by atoms with E-state index in [1.165, 1.54) is 6.21 Å². The molecule has 4 nitrogen and oxygen atoms in total. The van der Waals surface area contributed by atoms with Crippen LogP contribution < -0.4 is 11.0 Å². The van der Waals surface area contributed by atoms with Gasteiger partial charge in [0.2, 0.25) is 0 Å². The summed E-state index contributed by atoms with van der Waals surface area (Å²) in [5.41, 5.74) is 4.99. The molecule has 1 aliphatic rings. The minimum absolute atomic E-state index is 0.250. The van der Waals surface area contributed by atoms with Crippen LogP contribution >= 0.6 is 0 Å². The first-order valence-corrected chi connectivity index (χ1v) is 1.87. The molecule has 2 N–H and O–H groups in total. The standard InChI is InChI=1S/C3H4N4/c4-1-3-2-5-7-6-3/h2-3,6-7H. The average molecular weight is 96.1 g/mol. The molecule has 0 radical (unpaired) electrons. The van der Waals surface area contributed by atoms with Gasteiger partial charge in [-0.2, -0.15) is 15.8 Å². The fourth-order valence-corrected chi connectivity index (χ4v) is 0.321. The summed E-state index contributed by atoms with van der Waals surface area (Å²) in [5.74, 6) is 0. The average Bonchev–Trinajstić information content (AvgIpc) is 2.14. The molecule has 0 aromatic heterocycles. The second kappa shape index (κ2) is 1.58. The molecule has 0 saturated heterocycles. The highest BCUT2D eigenvalue weighted by Gasteiger charge is 2.04. The summed E-state index contributed by atoms with van der Waals surface area (Å²) in [6.45, 7) is 0. The molecule has 0 spiro atoms. The van der Waals surface area contributed by atoms with Gasteiger partial charge in [0.1, 0.15) is 0 Å². The van der Waals surface area contributed by atoms with Crippen LogP contribution in [0.25, 0.3) is 0 Å². The highest BCUT2D eigenvalue weighted by atomic mass is 15.6. The first-order valence-electron chi connectivity index (χ1n) is 1.87. The quantitative estimate of drug-likeness (QED) is 0.405. The molecule has 0 aromatic rings. The maximum atomic E-state index is 8.12. The minimum Gasteiger partial charge on any atom is -0.242 e. The van der Waals surface area contributed by atoms with Gasteiger partial charge in [-0.15, -0.1) is 0 Å². The Kier molecular flexibility index (Phi) is 0.922. The van der Waals surface area contributed by atoms with E-state index in [9.17, 15) is 0 Å². The molecule has 0 aliphatic carbocycles. The molecule has 1 atom stereocenters. The van der Waals surface area contributed by atoms with Crippen molar-refractivity contribution in [2.45, 2.75) is 6.04 Å². The Bertz CT molecular complexity index is 121. The van der Waals surface area contributed by atoms with E-state index in [0.29, 0.717) is 0 Å². The molecule has 1 rings (SSSR count). The fraction of sp³-hybridized carbons (Fsp3) is 0.333. The summed E-state index contributed by atoms with van der Waals surface area (Å²) >= 11 is 0. The van der Waals surface area contributed by atoms with E-state index in [-0.39, 0.29) is 6.04 Å². The Morgan fingerprint density at radius 1 is 1.86 bits per heavy atom. The predicted molar refractivity (Wildman–Crippen MR) is 24.2 cm³/mol. The number of hydrogen-bond donors (Lipinski definition) is 2. The van der Waals surface area contributed by atoms with Crippen LogP contribution in [0.2, 0.25) is 0 Å². The second-order valence-corrected chi connectivity index (χ2v) is 1.14. The van der Waals surface area contributed by atoms with Crippen molar-refractivity contribution in [3.05, 3.63) is 0 Å². The molecular formula is C3H4N4. The number of nitriles is 1. The van der Waals surface area contributed by atoms with Crippen molar-refractivity contribution in [2.24, 2.45) is 5.10 Å².